The third-order valence-corrected chi connectivity index (χ3v) is 3.61. The number of carbonyl (C=O) groups excluding carboxylic acids is 1. The molecule has 1 amide bonds. The molecular weight excluding hydrogens is 236 g/mol. The van der Waals surface area contributed by atoms with Crippen molar-refractivity contribution in [2.75, 3.05) is 26.2 Å². The quantitative estimate of drug-likeness (QED) is 0.874. The van der Waals surface area contributed by atoms with Crippen LogP contribution in [0.5, 0.6) is 0 Å². The van der Waals surface area contributed by atoms with Gasteiger partial charge in [0.25, 0.3) is 0 Å². The topological polar surface area (TPSA) is 41.6 Å². The fourth-order valence-electron chi connectivity index (χ4n) is 1.89. The van der Waals surface area contributed by atoms with Gasteiger partial charge >= 0.3 is 0 Å². The lowest BCUT2D eigenvalue weighted by Gasteiger charge is -2.30. The smallest absolute Gasteiger partial charge is 0.234 e. The standard InChI is InChI=1S/C12H18N2O2S/c1-10-8-14(4-5-16-10)9-12(15)13-7-11-3-2-6-17-11/h2-3,6,10H,4-5,7-9H2,1H3,(H,13,15). The van der Waals surface area contributed by atoms with E-state index >= 15 is 0 Å². The van der Waals surface area contributed by atoms with Crippen LogP contribution in [0, 0.1) is 0 Å². The van der Waals surface area contributed by atoms with Crippen molar-refractivity contribution in [3.05, 3.63) is 22.4 Å². The predicted octanol–water partition coefficient (Wildman–Crippen LogP) is 1.08. The second-order valence-corrected chi connectivity index (χ2v) is 5.30. The molecule has 0 radical (unpaired) electrons. The summed E-state index contributed by atoms with van der Waals surface area (Å²) in [4.78, 5) is 15.0. The van der Waals surface area contributed by atoms with Gasteiger partial charge in [0.05, 0.1) is 25.8 Å². The minimum absolute atomic E-state index is 0.0903. The molecule has 17 heavy (non-hydrogen) atoms. The summed E-state index contributed by atoms with van der Waals surface area (Å²) in [7, 11) is 0. The zero-order valence-electron chi connectivity index (χ0n) is 10.0. The number of rotatable bonds is 4. The van der Waals surface area contributed by atoms with Gasteiger partial charge in [-0.05, 0) is 18.4 Å². The number of ether oxygens (including phenoxy) is 1. The summed E-state index contributed by atoms with van der Waals surface area (Å²) in [6.07, 6.45) is 0.230. The number of hydrogen-bond donors (Lipinski definition) is 1. The van der Waals surface area contributed by atoms with E-state index in [-0.39, 0.29) is 12.0 Å². The van der Waals surface area contributed by atoms with E-state index in [1.807, 2.05) is 24.4 Å². The van der Waals surface area contributed by atoms with Crippen LogP contribution >= 0.6 is 11.3 Å². The van der Waals surface area contributed by atoms with Crippen LogP contribution in [0.2, 0.25) is 0 Å². The molecular formula is C12H18N2O2S. The molecule has 1 unspecified atom stereocenters. The Morgan fingerprint density at radius 1 is 1.71 bits per heavy atom. The predicted molar refractivity (Wildman–Crippen MR) is 68.0 cm³/mol. The average Bonchev–Trinajstić information content (AvgIpc) is 2.79. The molecule has 4 nitrogen and oxygen atoms in total. The molecule has 94 valence electrons. The molecule has 5 heteroatoms. The molecule has 1 aromatic heterocycles. The number of nitrogens with one attached hydrogen (secondary N) is 1. The maximum atomic E-state index is 11.7. The lowest BCUT2D eigenvalue weighted by atomic mass is 10.3. The molecule has 0 saturated carbocycles. The first-order chi connectivity index (χ1) is 8.24. The zero-order valence-corrected chi connectivity index (χ0v) is 10.8. The van der Waals surface area contributed by atoms with E-state index in [2.05, 4.69) is 10.2 Å². The average molecular weight is 254 g/mol. The highest BCUT2D eigenvalue weighted by Gasteiger charge is 2.18. The highest BCUT2D eigenvalue weighted by molar-refractivity contribution is 7.09. The van der Waals surface area contributed by atoms with E-state index in [0.29, 0.717) is 13.1 Å². The Bertz CT molecular complexity index is 353. The molecule has 1 fully saturated rings. The van der Waals surface area contributed by atoms with Crippen molar-refractivity contribution in [2.24, 2.45) is 0 Å². The van der Waals surface area contributed by atoms with Gasteiger partial charge in [-0.15, -0.1) is 11.3 Å². The summed E-state index contributed by atoms with van der Waals surface area (Å²) in [6, 6.07) is 4.03. The van der Waals surface area contributed by atoms with Crippen molar-refractivity contribution in [2.45, 2.75) is 19.6 Å². The van der Waals surface area contributed by atoms with E-state index in [4.69, 9.17) is 4.74 Å². The summed E-state index contributed by atoms with van der Waals surface area (Å²) in [5.74, 6) is 0.0903. The molecule has 1 aliphatic rings. The van der Waals surface area contributed by atoms with Gasteiger partial charge in [-0.25, -0.2) is 0 Å². The van der Waals surface area contributed by atoms with Crippen LogP contribution < -0.4 is 5.32 Å². The summed E-state index contributed by atoms with van der Waals surface area (Å²) < 4.78 is 5.44. The van der Waals surface area contributed by atoms with Gasteiger partial charge in [-0.2, -0.15) is 0 Å². The van der Waals surface area contributed by atoms with Gasteiger partial charge in [0.2, 0.25) is 5.91 Å². The van der Waals surface area contributed by atoms with Crippen molar-refractivity contribution in [1.29, 1.82) is 0 Å². The fourth-order valence-corrected chi connectivity index (χ4v) is 2.54. The Morgan fingerprint density at radius 3 is 3.29 bits per heavy atom. The third-order valence-electron chi connectivity index (χ3n) is 2.73. The zero-order chi connectivity index (χ0) is 12.1. The first-order valence-electron chi connectivity index (χ1n) is 5.87. The highest BCUT2D eigenvalue weighted by atomic mass is 32.1. The van der Waals surface area contributed by atoms with Crippen LogP contribution in [0.25, 0.3) is 0 Å². The van der Waals surface area contributed by atoms with Gasteiger partial charge in [0.15, 0.2) is 0 Å². The Balaban J connectivity index is 1.70. The molecule has 0 aromatic carbocycles. The van der Waals surface area contributed by atoms with Crippen LogP contribution in [0.15, 0.2) is 17.5 Å². The fraction of sp³-hybridized carbons (Fsp3) is 0.583. The molecule has 1 saturated heterocycles. The molecule has 1 aromatic rings. The second kappa shape index (κ2) is 6.14. The number of nitrogens with zero attached hydrogens (tertiary/aromatic N) is 1. The number of thiophene rings is 1. The van der Waals surface area contributed by atoms with Crippen molar-refractivity contribution < 1.29 is 9.53 Å². The minimum atomic E-state index is 0.0903. The minimum Gasteiger partial charge on any atom is -0.376 e. The van der Waals surface area contributed by atoms with Crippen LogP contribution in [0.1, 0.15) is 11.8 Å². The monoisotopic (exact) mass is 254 g/mol. The van der Waals surface area contributed by atoms with Gasteiger partial charge in [-0.1, -0.05) is 6.07 Å². The van der Waals surface area contributed by atoms with Crippen LogP contribution in [0.4, 0.5) is 0 Å². The normalized spacial score (nSPS) is 21.4. The van der Waals surface area contributed by atoms with Crippen molar-refractivity contribution >= 4 is 17.2 Å². The van der Waals surface area contributed by atoms with Crippen LogP contribution in [-0.4, -0.2) is 43.2 Å². The molecule has 0 bridgehead atoms. The van der Waals surface area contributed by atoms with Gasteiger partial charge < -0.3 is 10.1 Å². The third kappa shape index (κ3) is 4.11. The second-order valence-electron chi connectivity index (χ2n) is 4.27. The summed E-state index contributed by atoms with van der Waals surface area (Å²) in [6.45, 7) is 5.55. The Morgan fingerprint density at radius 2 is 2.59 bits per heavy atom. The molecule has 2 rings (SSSR count). The largest absolute Gasteiger partial charge is 0.376 e. The lowest BCUT2D eigenvalue weighted by molar-refractivity contribution is -0.124. The Labute approximate surface area is 106 Å². The van der Waals surface area contributed by atoms with Crippen molar-refractivity contribution in [3.63, 3.8) is 0 Å². The van der Waals surface area contributed by atoms with E-state index in [1.165, 1.54) is 4.88 Å². The number of carbonyl (C=O) groups is 1. The Kier molecular flexibility index (Phi) is 4.53. The molecule has 0 spiro atoms. The molecule has 1 atom stereocenters. The Hall–Kier alpha value is -0.910. The van der Waals surface area contributed by atoms with Crippen LogP contribution in [0.3, 0.4) is 0 Å². The summed E-state index contributed by atoms with van der Waals surface area (Å²) in [5.41, 5.74) is 0. The maximum Gasteiger partial charge on any atom is 0.234 e. The van der Waals surface area contributed by atoms with Crippen LogP contribution in [-0.2, 0) is 16.1 Å². The first kappa shape index (κ1) is 12.5. The summed E-state index contributed by atoms with van der Waals surface area (Å²) >= 11 is 1.66. The number of hydrogen-bond acceptors (Lipinski definition) is 4. The lowest BCUT2D eigenvalue weighted by Crippen LogP contribution is -2.45. The van der Waals surface area contributed by atoms with E-state index in [1.54, 1.807) is 11.3 Å². The molecule has 1 N–H and O–H groups in total. The number of morpholine rings is 1. The van der Waals surface area contributed by atoms with Gasteiger partial charge in [0, 0.05) is 18.0 Å². The highest BCUT2D eigenvalue weighted by Crippen LogP contribution is 2.07. The number of amides is 1. The first-order valence-corrected chi connectivity index (χ1v) is 6.75. The van der Waals surface area contributed by atoms with Crippen molar-refractivity contribution in [1.82, 2.24) is 10.2 Å². The van der Waals surface area contributed by atoms with Crippen molar-refractivity contribution in [3.8, 4) is 0 Å². The molecule has 2 heterocycles. The molecule has 0 aliphatic carbocycles. The summed E-state index contributed by atoms with van der Waals surface area (Å²) in [5, 5.41) is 4.96. The van der Waals surface area contributed by atoms with E-state index < -0.39 is 0 Å². The van der Waals surface area contributed by atoms with Gasteiger partial charge in [0.1, 0.15) is 0 Å². The SMILES string of the molecule is CC1CN(CC(=O)NCc2cccs2)CCO1. The van der Waals surface area contributed by atoms with E-state index in [0.717, 1.165) is 19.7 Å². The van der Waals surface area contributed by atoms with Gasteiger partial charge in [-0.3, -0.25) is 9.69 Å². The maximum absolute atomic E-state index is 11.7. The molecule has 1 aliphatic heterocycles. The van der Waals surface area contributed by atoms with E-state index in [9.17, 15) is 4.79 Å².